The quantitative estimate of drug-likeness (QED) is 0.818. The fraction of sp³-hybridized carbons (Fsp3) is 0.0714. The number of carboxylic acid groups (broad SMARTS) is 1. The van der Waals surface area contributed by atoms with Crippen molar-refractivity contribution in [3.8, 4) is 11.3 Å². The van der Waals surface area contributed by atoms with E-state index in [0.717, 1.165) is 21.7 Å². The van der Waals surface area contributed by atoms with Crippen molar-refractivity contribution in [2.45, 2.75) is 6.92 Å². The number of furan rings is 1. The smallest absolute Gasteiger partial charge is 0.328 e. The molecule has 0 aliphatic heterocycles. The van der Waals surface area contributed by atoms with Crippen LogP contribution >= 0.6 is 27.5 Å². The molecular formula is C14H10BrClO3. The largest absolute Gasteiger partial charge is 0.478 e. The summed E-state index contributed by atoms with van der Waals surface area (Å²) < 4.78 is 6.40. The Hall–Kier alpha value is -1.52. The maximum absolute atomic E-state index is 10.5. The predicted molar refractivity (Wildman–Crippen MR) is 78.3 cm³/mol. The monoisotopic (exact) mass is 340 g/mol. The predicted octanol–water partition coefficient (Wildman–Crippen LogP) is 4.77. The van der Waals surface area contributed by atoms with E-state index in [0.29, 0.717) is 16.5 Å². The maximum Gasteiger partial charge on any atom is 0.328 e. The Labute approximate surface area is 123 Å². The third-order valence-electron chi connectivity index (χ3n) is 2.53. The first-order valence-electron chi connectivity index (χ1n) is 5.44. The second-order valence-electron chi connectivity index (χ2n) is 3.96. The molecule has 5 heteroatoms. The number of hydrogen-bond donors (Lipinski definition) is 1. The van der Waals surface area contributed by atoms with E-state index < -0.39 is 5.97 Å². The molecule has 1 aromatic heterocycles. The van der Waals surface area contributed by atoms with Crippen LogP contribution in [0, 0.1) is 6.92 Å². The van der Waals surface area contributed by atoms with Gasteiger partial charge >= 0.3 is 5.97 Å². The number of benzene rings is 1. The Morgan fingerprint density at radius 1 is 1.42 bits per heavy atom. The number of halogens is 2. The van der Waals surface area contributed by atoms with Gasteiger partial charge in [-0.1, -0.05) is 11.6 Å². The molecule has 0 saturated heterocycles. The van der Waals surface area contributed by atoms with Crippen molar-refractivity contribution in [2.75, 3.05) is 0 Å². The van der Waals surface area contributed by atoms with Crippen LogP contribution in [0.4, 0.5) is 0 Å². The normalized spacial score (nSPS) is 11.1. The van der Waals surface area contributed by atoms with Gasteiger partial charge in [-0.25, -0.2) is 4.79 Å². The molecule has 0 radical (unpaired) electrons. The van der Waals surface area contributed by atoms with E-state index in [9.17, 15) is 4.79 Å². The number of rotatable bonds is 3. The maximum atomic E-state index is 10.5. The lowest BCUT2D eigenvalue weighted by atomic mass is 10.1. The first-order valence-corrected chi connectivity index (χ1v) is 6.61. The molecule has 1 heterocycles. The van der Waals surface area contributed by atoms with Crippen molar-refractivity contribution in [1.82, 2.24) is 0 Å². The third-order valence-corrected chi connectivity index (χ3v) is 3.35. The fourth-order valence-corrected chi connectivity index (χ4v) is 2.43. The van der Waals surface area contributed by atoms with Crippen LogP contribution in [0.15, 0.2) is 39.2 Å². The molecule has 0 aliphatic rings. The lowest BCUT2D eigenvalue weighted by Gasteiger charge is -2.03. The molecule has 2 aromatic rings. The van der Waals surface area contributed by atoms with Gasteiger partial charge in [0.05, 0.1) is 4.47 Å². The SMILES string of the molecule is Cc1cc(Cl)ccc1-c1oc(/C=C/C(=O)O)cc1Br. The molecule has 2 rings (SSSR count). The summed E-state index contributed by atoms with van der Waals surface area (Å²) in [5, 5.41) is 9.25. The number of aryl methyl sites for hydroxylation is 1. The zero-order valence-corrected chi connectivity index (χ0v) is 12.3. The van der Waals surface area contributed by atoms with Crippen molar-refractivity contribution in [1.29, 1.82) is 0 Å². The summed E-state index contributed by atoms with van der Waals surface area (Å²) in [5.74, 6) is 0.106. The van der Waals surface area contributed by atoms with Crippen LogP contribution in [0.3, 0.4) is 0 Å². The van der Waals surface area contributed by atoms with Crippen LogP contribution in [-0.2, 0) is 4.79 Å². The average Bonchev–Trinajstić information content (AvgIpc) is 2.68. The van der Waals surface area contributed by atoms with Crippen molar-refractivity contribution in [2.24, 2.45) is 0 Å². The summed E-state index contributed by atoms with van der Waals surface area (Å²) in [7, 11) is 0. The molecule has 1 N–H and O–H groups in total. The Balaban J connectivity index is 2.43. The van der Waals surface area contributed by atoms with Crippen molar-refractivity contribution in [3.63, 3.8) is 0 Å². The van der Waals surface area contributed by atoms with Crippen LogP contribution in [0.2, 0.25) is 5.02 Å². The molecular weight excluding hydrogens is 332 g/mol. The summed E-state index contributed by atoms with van der Waals surface area (Å²) in [5.41, 5.74) is 1.89. The molecule has 0 saturated carbocycles. The van der Waals surface area contributed by atoms with Gasteiger partial charge in [-0.05, 0) is 58.8 Å². The molecule has 19 heavy (non-hydrogen) atoms. The van der Waals surface area contributed by atoms with E-state index in [1.165, 1.54) is 6.08 Å². The van der Waals surface area contributed by atoms with Gasteiger partial charge in [0.1, 0.15) is 11.5 Å². The highest BCUT2D eigenvalue weighted by Gasteiger charge is 2.12. The van der Waals surface area contributed by atoms with E-state index in [-0.39, 0.29) is 0 Å². The third kappa shape index (κ3) is 3.28. The standard InChI is InChI=1S/C14H10BrClO3/c1-8-6-9(16)2-4-11(8)14-12(15)7-10(19-14)3-5-13(17)18/h2-7H,1H3,(H,17,18)/b5-3+. The van der Waals surface area contributed by atoms with E-state index >= 15 is 0 Å². The first-order chi connectivity index (χ1) is 8.97. The summed E-state index contributed by atoms with van der Waals surface area (Å²) in [6, 6.07) is 7.22. The molecule has 0 bridgehead atoms. The van der Waals surface area contributed by atoms with E-state index in [4.69, 9.17) is 21.1 Å². The van der Waals surface area contributed by atoms with Gasteiger partial charge in [0, 0.05) is 16.7 Å². The molecule has 98 valence electrons. The zero-order chi connectivity index (χ0) is 14.0. The number of aliphatic carboxylic acids is 1. The lowest BCUT2D eigenvalue weighted by Crippen LogP contribution is -1.84. The Morgan fingerprint density at radius 2 is 2.16 bits per heavy atom. The molecule has 0 unspecified atom stereocenters. The minimum absolute atomic E-state index is 0.471. The first kappa shape index (κ1) is 13.9. The molecule has 0 amide bonds. The van der Waals surface area contributed by atoms with Crippen LogP contribution < -0.4 is 0 Å². The Kier molecular flexibility index (Phi) is 4.12. The Bertz CT molecular complexity index is 659. The minimum atomic E-state index is -1.02. The van der Waals surface area contributed by atoms with Gasteiger partial charge in [-0.3, -0.25) is 0 Å². The molecule has 0 fully saturated rings. The Morgan fingerprint density at radius 3 is 2.79 bits per heavy atom. The minimum Gasteiger partial charge on any atom is -0.478 e. The number of hydrogen-bond acceptors (Lipinski definition) is 2. The van der Waals surface area contributed by atoms with Gasteiger partial charge in [0.15, 0.2) is 0 Å². The molecule has 0 aliphatic carbocycles. The van der Waals surface area contributed by atoms with Gasteiger partial charge in [-0.15, -0.1) is 0 Å². The summed E-state index contributed by atoms with van der Waals surface area (Å²) in [6.07, 6.45) is 2.44. The molecule has 0 spiro atoms. The van der Waals surface area contributed by atoms with Gasteiger partial charge in [-0.2, -0.15) is 0 Å². The summed E-state index contributed by atoms with van der Waals surface area (Å²) >= 11 is 9.32. The zero-order valence-electron chi connectivity index (χ0n) is 9.98. The summed E-state index contributed by atoms with van der Waals surface area (Å²) in [4.78, 5) is 10.5. The average molecular weight is 342 g/mol. The number of carboxylic acids is 1. The van der Waals surface area contributed by atoms with Crippen molar-refractivity contribution >= 4 is 39.6 Å². The van der Waals surface area contributed by atoms with Crippen LogP contribution in [0.25, 0.3) is 17.4 Å². The van der Waals surface area contributed by atoms with E-state index in [1.54, 1.807) is 12.1 Å². The van der Waals surface area contributed by atoms with Crippen molar-refractivity contribution < 1.29 is 14.3 Å². The topological polar surface area (TPSA) is 50.4 Å². The summed E-state index contributed by atoms with van der Waals surface area (Å²) in [6.45, 7) is 1.93. The number of carbonyl (C=O) groups is 1. The molecule has 0 atom stereocenters. The van der Waals surface area contributed by atoms with Crippen LogP contribution in [0.5, 0.6) is 0 Å². The fourth-order valence-electron chi connectivity index (χ4n) is 1.69. The highest BCUT2D eigenvalue weighted by Crippen LogP contribution is 2.34. The highest BCUT2D eigenvalue weighted by molar-refractivity contribution is 9.10. The second kappa shape index (κ2) is 5.63. The molecule has 1 aromatic carbocycles. The lowest BCUT2D eigenvalue weighted by molar-refractivity contribution is -0.131. The van der Waals surface area contributed by atoms with E-state index in [1.807, 2.05) is 19.1 Å². The van der Waals surface area contributed by atoms with Crippen LogP contribution in [-0.4, -0.2) is 11.1 Å². The van der Waals surface area contributed by atoms with Gasteiger partial charge < -0.3 is 9.52 Å². The second-order valence-corrected chi connectivity index (χ2v) is 5.25. The highest BCUT2D eigenvalue weighted by atomic mass is 79.9. The van der Waals surface area contributed by atoms with Gasteiger partial charge in [0.2, 0.25) is 0 Å². The van der Waals surface area contributed by atoms with Crippen LogP contribution in [0.1, 0.15) is 11.3 Å². The molecule has 3 nitrogen and oxygen atoms in total. The van der Waals surface area contributed by atoms with Crippen molar-refractivity contribution in [3.05, 3.63) is 51.2 Å². The van der Waals surface area contributed by atoms with E-state index in [2.05, 4.69) is 15.9 Å². The van der Waals surface area contributed by atoms with Gasteiger partial charge in [0.25, 0.3) is 0 Å².